The van der Waals surface area contributed by atoms with Crippen molar-refractivity contribution in [3.63, 3.8) is 0 Å². The number of carbonyl (C=O) groups is 2. The molecule has 0 radical (unpaired) electrons. The van der Waals surface area contributed by atoms with Crippen molar-refractivity contribution in [2.45, 2.75) is 37.1 Å². The molecule has 7 nitrogen and oxygen atoms in total. The number of sulfonamides is 1. The number of carboxylic acid groups (broad SMARTS) is 1. The molecule has 1 atom stereocenters. The van der Waals surface area contributed by atoms with Gasteiger partial charge in [0.1, 0.15) is 6.04 Å². The highest BCUT2D eigenvalue weighted by molar-refractivity contribution is 7.89. The summed E-state index contributed by atoms with van der Waals surface area (Å²) in [5.74, 6) is -1.71. The average Bonchev–Trinajstić information content (AvgIpc) is 2.46. The molecule has 1 aromatic carbocycles. The van der Waals surface area contributed by atoms with Crippen LogP contribution in [0.2, 0.25) is 0 Å². The number of carbonyl (C=O) groups excluding carboxylic acids is 1. The van der Waals surface area contributed by atoms with E-state index in [0.29, 0.717) is 12.0 Å². The molecule has 0 heterocycles. The van der Waals surface area contributed by atoms with Gasteiger partial charge in [-0.05, 0) is 24.1 Å². The van der Waals surface area contributed by atoms with E-state index >= 15 is 0 Å². The molecule has 1 aromatic rings. The molecule has 0 saturated carbocycles. The van der Waals surface area contributed by atoms with Crippen molar-refractivity contribution in [3.05, 3.63) is 29.8 Å². The molecule has 1 rings (SSSR count). The van der Waals surface area contributed by atoms with Gasteiger partial charge < -0.3 is 9.84 Å². The fourth-order valence-electron chi connectivity index (χ4n) is 1.84. The summed E-state index contributed by atoms with van der Waals surface area (Å²) in [7, 11) is -2.73. The van der Waals surface area contributed by atoms with Gasteiger partial charge >= 0.3 is 11.9 Å². The monoisotopic (exact) mass is 329 g/mol. The van der Waals surface area contributed by atoms with Crippen LogP contribution in [-0.2, 0) is 30.8 Å². The smallest absolute Gasteiger partial charge is 0.321 e. The average molecular weight is 329 g/mol. The molecule has 0 aliphatic heterocycles. The molecule has 0 bridgehead atoms. The number of hydrogen-bond acceptors (Lipinski definition) is 5. The number of benzene rings is 1. The van der Waals surface area contributed by atoms with E-state index in [1.807, 2.05) is 0 Å². The third-order valence-corrected chi connectivity index (χ3v) is 4.43. The Hall–Kier alpha value is -1.93. The summed E-state index contributed by atoms with van der Waals surface area (Å²) in [5, 5.41) is 9.03. The zero-order valence-electron chi connectivity index (χ0n) is 12.4. The highest BCUT2D eigenvalue weighted by atomic mass is 32.2. The van der Waals surface area contributed by atoms with Crippen molar-refractivity contribution in [3.8, 4) is 0 Å². The zero-order chi connectivity index (χ0) is 16.8. The topological polar surface area (TPSA) is 110 Å². The minimum absolute atomic E-state index is 0.0584. The predicted molar refractivity (Wildman–Crippen MR) is 78.8 cm³/mol. The molecular weight excluding hydrogens is 310 g/mol. The number of methoxy groups -OCH3 is 1. The van der Waals surface area contributed by atoms with Gasteiger partial charge in [-0.25, -0.2) is 8.42 Å². The molecule has 0 aromatic heterocycles. The Bertz CT molecular complexity index is 640. The van der Waals surface area contributed by atoms with E-state index in [-0.39, 0.29) is 17.7 Å². The third kappa shape index (κ3) is 5.12. The maximum atomic E-state index is 12.2. The van der Waals surface area contributed by atoms with E-state index in [4.69, 9.17) is 5.11 Å². The van der Waals surface area contributed by atoms with Crippen LogP contribution in [0.25, 0.3) is 0 Å². The van der Waals surface area contributed by atoms with Gasteiger partial charge in [-0.15, -0.1) is 0 Å². The summed E-state index contributed by atoms with van der Waals surface area (Å²) in [6.07, 6.45) is 0.662. The van der Waals surface area contributed by atoms with Gasteiger partial charge in [0.05, 0.1) is 18.4 Å². The Morgan fingerprint density at radius 2 is 2.05 bits per heavy atom. The summed E-state index contributed by atoms with van der Waals surface area (Å²) >= 11 is 0. The second-order valence-electron chi connectivity index (χ2n) is 4.70. The molecule has 0 spiro atoms. The molecule has 8 heteroatoms. The molecule has 2 N–H and O–H groups in total. The molecule has 22 heavy (non-hydrogen) atoms. The van der Waals surface area contributed by atoms with Crippen LogP contribution in [0.3, 0.4) is 0 Å². The quantitative estimate of drug-likeness (QED) is 0.687. The first-order chi connectivity index (χ1) is 10.3. The number of esters is 1. The summed E-state index contributed by atoms with van der Waals surface area (Å²) in [4.78, 5) is 22.2. The van der Waals surface area contributed by atoms with Crippen LogP contribution in [0.5, 0.6) is 0 Å². The Balaban J connectivity index is 2.99. The van der Waals surface area contributed by atoms with E-state index in [9.17, 15) is 18.0 Å². The molecule has 0 aliphatic rings. The summed E-state index contributed by atoms with van der Waals surface area (Å²) < 4.78 is 31.2. The maximum absolute atomic E-state index is 12.2. The zero-order valence-corrected chi connectivity index (χ0v) is 13.2. The summed E-state index contributed by atoms with van der Waals surface area (Å²) in [6, 6.07) is 4.57. The van der Waals surface area contributed by atoms with Gasteiger partial charge in [-0.1, -0.05) is 25.5 Å². The largest absolute Gasteiger partial charge is 0.480 e. The van der Waals surface area contributed by atoms with E-state index in [0.717, 1.165) is 0 Å². The van der Waals surface area contributed by atoms with E-state index < -0.39 is 28.0 Å². The Labute approximate surface area is 129 Å². The number of hydrogen-bond donors (Lipinski definition) is 2. The van der Waals surface area contributed by atoms with Gasteiger partial charge in [0.15, 0.2) is 0 Å². The lowest BCUT2D eigenvalue weighted by Crippen LogP contribution is -2.40. The Kier molecular flexibility index (Phi) is 6.51. The van der Waals surface area contributed by atoms with Gasteiger partial charge in [-0.2, -0.15) is 4.72 Å². The van der Waals surface area contributed by atoms with Crippen LogP contribution < -0.4 is 4.72 Å². The van der Waals surface area contributed by atoms with Crippen LogP contribution in [0.4, 0.5) is 0 Å². The SMILES string of the molecule is CCCC(NS(=O)(=O)c1cccc(CC(=O)OC)c1)C(=O)O. The highest BCUT2D eigenvalue weighted by Crippen LogP contribution is 2.14. The van der Waals surface area contributed by atoms with Gasteiger partial charge in [-0.3, -0.25) is 9.59 Å². The van der Waals surface area contributed by atoms with Gasteiger partial charge in [0.2, 0.25) is 10.0 Å². The maximum Gasteiger partial charge on any atom is 0.321 e. The molecule has 0 aliphatic carbocycles. The van der Waals surface area contributed by atoms with E-state index in [1.54, 1.807) is 13.0 Å². The highest BCUT2D eigenvalue weighted by Gasteiger charge is 2.24. The number of nitrogens with one attached hydrogen (secondary N) is 1. The minimum atomic E-state index is -3.97. The number of carboxylic acids is 1. The fraction of sp³-hybridized carbons (Fsp3) is 0.429. The first kappa shape index (κ1) is 18.1. The molecule has 1 unspecified atom stereocenters. The Morgan fingerprint density at radius 3 is 2.59 bits per heavy atom. The summed E-state index contributed by atoms with van der Waals surface area (Å²) in [6.45, 7) is 1.77. The van der Waals surface area contributed by atoms with Crippen LogP contribution in [0, 0.1) is 0 Å². The lowest BCUT2D eigenvalue weighted by Gasteiger charge is -2.14. The van der Waals surface area contributed by atoms with Crippen LogP contribution in [0.15, 0.2) is 29.2 Å². The first-order valence-electron chi connectivity index (χ1n) is 6.71. The van der Waals surface area contributed by atoms with Crippen molar-refractivity contribution in [2.75, 3.05) is 7.11 Å². The molecule has 0 amide bonds. The Morgan fingerprint density at radius 1 is 1.36 bits per heavy atom. The second kappa shape index (κ2) is 7.90. The van der Waals surface area contributed by atoms with E-state index in [1.165, 1.54) is 25.3 Å². The van der Waals surface area contributed by atoms with Crippen LogP contribution in [-0.4, -0.2) is 38.6 Å². The lowest BCUT2D eigenvalue weighted by molar-refractivity contribution is -0.140. The number of aliphatic carboxylic acids is 1. The van der Waals surface area contributed by atoms with E-state index in [2.05, 4.69) is 9.46 Å². The lowest BCUT2D eigenvalue weighted by atomic mass is 10.1. The number of ether oxygens (including phenoxy) is 1. The number of rotatable bonds is 8. The molecular formula is C14H19NO6S. The molecule has 122 valence electrons. The predicted octanol–water partition coefficient (Wildman–Crippen LogP) is 0.934. The second-order valence-corrected chi connectivity index (χ2v) is 6.42. The minimum Gasteiger partial charge on any atom is -0.480 e. The fourth-order valence-corrected chi connectivity index (χ4v) is 3.13. The third-order valence-electron chi connectivity index (χ3n) is 2.96. The van der Waals surface area contributed by atoms with Gasteiger partial charge in [0, 0.05) is 0 Å². The van der Waals surface area contributed by atoms with Crippen LogP contribution in [0.1, 0.15) is 25.3 Å². The van der Waals surface area contributed by atoms with Crippen molar-refractivity contribution in [1.29, 1.82) is 0 Å². The normalized spacial score (nSPS) is 12.6. The summed E-state index contributed by atoms with van der Waals surface area (Å²) in [5.41, 5.74) is 0.470. The molecule has 0 saturated heterocycles. The van der Waals surface area contributed by atoms with Gasteiger partial charge in [0.25, 0.3) is 0 Å². The molecule has 0 fully saturated rings. The van der Waals surface area contributed by atoms with Crippen molar-refractivity contribution in [1.82, 2.24) is 4.72 Å². The van der Waals surface area contributed by atoms with Crippen LogP contribution >= 0.6 is 0 Å². The van der Waals surface area contributed by atoms with Crippen molar-refractivity contribution >= 4 is 22.0 Å². The van der Waals surface area contributed by atoms with Crippen molar-refractivity contribution < 1.29 is 27.9 Å². The van der Waals surface area contributed by atoms with Crippen molar-refractivity contribution in [2.24, 2.45) is 0 Å². The first-order valence-corrected chi connectivity index (χ1v) is 8.19. The standard InChI is InChI=1S/C14H19NO6S/c1-3-5-12(14(17)18)15-22(19,20)11-7-4-6-10(8-11)9-13(16)21-2/h4,6-8,12,15H,3,5,9H2,1-2H3,(H,17,18).